The zero-order valence-corrected chi connectivity index (χ0v) is 24.9. The van der Waals surface area contributed by atoms with Gasteiger partial charge in [-0.3, -0.25) is 9.59 Å². The maximum Gasteiger partial charge on any atom is 0.262 e. The highest BCUT2D eigenvalue weighted by Gasteiger charge is 2.40. The molecule has 2 amide bonds. The van der Waals surface area contributed by atoms with E-state index in [0.717, 1.165) is 5.56 Å². The van der Waals surface area contributed by atoms with Crippen molar-refractivity contribution in [1.82, 2.24) is 9.62 Å². The van der Waals surface area contributed by atoms with Crippen LogP contribution in [0.4, 0.5) is 5.69 Å². The summed E-state index contributed by atoms with van der Waals surface area (Å²) in [6, 6.07) is 21.4. The van der Waals surface area contributed by atoms with Crippen molar-refractivity contribution >= 4 is 39.1 Å². The lowest BCUT2D eigenvalue weighted by molar-refractivity contribution is -0.129. The predicted octanol–water partition coefficient (Wildman–Crippen LogP) is 4.29. The number of sulfonamides is 1. The third kappa shape index (κ3) is 6.56. The zero-order chi connectivity index (χ0) is 29.7. The minimum Gasteiger partial charge on any atom is -0.492 e. The Hall–Kier alpha value is -3.60. The maximum atomic E-state index is 14.0. The highest BCUT2D eigenvalue weighted by Crippen LogP contribution is 2.36. The van der Waals surface area contributed by atoms with Gasteiger partial charge in [-0.25, -0.2) is 8.42 Å². The van der Waals surface area contributed by atoms with Gasteiger partial charge in [-0.1, -0.05) is 54.1 Å². The molecule has 0 aliphatic carbocycles. The second-order valence-corrected chi connectivity index (χ2v) is 12.6. The Bertz CT molecular complexity index is 1530. The summed E-state index contributed by atoms with van der Waals surface area (Å²) in [6.45, 7) is 2.81. The first-order valence-corrected chi connectivity index (χ1v) is 15.9. The van der Waals surface area contributed by atoms with Crippen LogP contribution < -0.4 is 19.7 Å². The molecule has 0 aromatic heterocycles. The van der Waals surface area contributed by atoms with E-state index in [9.17, 15) is 18.0 Å². The summed E-state index contributed by atoms with van der Waals surface area (Å²) in [5, 5.41) is 3.20. The first-order valence-electron chi connectivity index (χ1n) is 14.1. The van der Waals surface area contributed by atoms with Gasteiger partial charge >= 0.3 is 0 Å². The van der Waals surface area contributed by atoms with Gasteiger partial charge in [0.2, 0.25) is 15.9 Å². The van der Waals surface area contributed by atoms with E-state index in [-0.39, 0.29) is 47.1 Å². The number of carbonyl (C=O) groups excluding carboxylic acids is 2. The van der Waals surface area contributed by atoms with Crippen molar-refractivity contribution in [2.24, 2.45) is 5.92 Å². The van der Waals surface area contributed by atoms with Gasteiger partial charge in [0.05, 0.1) is 24.8 Å². The molecule has 1 saturated heterocycles. The molecule has 3 aromatic carbocycles. The second kappa shape index (κ2) is 13.1. The van der Waals surface area contributed by atoms with Crippen molar-refractivity contribution in [1.29, 1.82) is 0 Å². The second-order valence-electron chi connectivity index (χ2n) is 10.3. The zero-order valence-electron chi connectivity index (χ0n) is 23.4. The number of nitrogens with one attached hydrogen (secondary N) is 1. The lowest BCUT2D eigenvalue weighted by atomic mass is 9.97. The van der Waals surface area contributed by atoms with Crippen molar-refractivity contribution in [3.8, 4) is 11.5 Å². The lowest BCUT2D eigenvalue weighted by Crippen LogP contribution is -2.54. The van der Waals surface area contributed by atoms with Crippen LogP contribution in [0.3, 0.4) is 0 Å². The molecule has 2 heterocycles. The van der Waals surface area contributed by atoms with Crippen molar-refractivity contribution in [3.05, 3.63) is 83.4 Å². The van der Waals surface area contributed by atoms with Crippen LogP contribution in [-0.2, 0) is 26.0 Å². The Morgan fingerprint density at radius 2 is 1.81 bits per heavy atom. The van der Waals surface area contributed by atoms with Gasteiger partial charge in [-0.05, 0) is 62.1 Å². The summed E-state index contributed by atoms with van der Waals surface area (Å²) in [4.78, 5) is 28.6. The molecule has 0 bridgehead atoms. The summed E-state index contributed by atoms with van der Waals surface area (Å²) in [7, 11) is -3.99. The Morgan fingerprint density at radius 1 is 1.05 bits per heavy atom. The fraction of sp³-hybridized carbons (Fsp3) is 0.355. The number of rotatable bonds is 9. The van der Waals surface area contributed by atoms with Crippen LogP contribution in [0.2, 0.25) is 5.02 Å². The van der Waals surface area contributed by atoms with Crippen LogP contribution >= 0.6 is 11.6 Å². The highest BCUT2D eigenvalue weighted by atomic mass is 35.5. The minimum absolute atomic E-state index is 0.00665. The SMILES string of the molecule is CCOc1ccc(Cl)cc1S(=O)(=O)N1CCC[C@H](C(=O)N2C[C@@H](C(=O)NCCc3ccccc3)Oc3ccccc32)C1. The Labute approximate surface area is 251 Å². The topological polar surface area (TPSA) is 105 Å². The summed E-state index contributed by atoms with van der Waals surface area (Å²) < 4.78 is 40.3. The van der Waals surface area contributed by atoms with Crippen LogP contribution in [-0.4, -0.2) is 63.4 Å². The van der Waals surface area contributed by atoms with Crippen molar-refractivity contribution in [3.63, 3.8) is 0 Å². The number of hydrogen-bond donors (Lipinski definition) is 1. The molecule has 11 heteroatoms. The number of anilines is 1. The van der Waals surface area contributed by atoms with Gasteiger partial charge in [0.25, 0.3) is 5.91 Å². The van der Waals surface area contributed by atoms with E-state index in [1.165, 1.54) is 10.4 Å². The monoisotopic (exact) mass is 611 g/mol. The van der Waals surface area contributed by atoms with Gasteiger partial charge in [-0.2, -0.15) is 4.31 Å². The number of fused-ring (bicyclic) bond motifs is 1. The number of benzene rings is 3. The Morgan fingerprint density at radius 3 is 2.60 bits per heavy atom. The normalized spacial score (nSPS) is 19.0. The molecule has 42 heavy (non-hydrogen) atoms. The molecule has 0 unspecified atom stereocenters. The van der Waals surface area contributed by atoms with Crippen LogP contribution in [0, 0.1) is 5.92 Å². The summed E-state index contributed by atoms with van der Waals surface area (Å²) in [6.07, 6.45) is 0.799. The number of ether oxygens (including phenoxy) is 2. The van der Waals surface area contributed by atoms with Crippen LogP contribution in [0.5, 0.6) is 11.5 Å². The predicted molar refractivity (Wildman–Crippen MR) is 160 cm³/mol. The van der Waals surface area contributed by atoms with E-state index in [1.807, 2.05) is 30.3 Å². The Balaban J connectivity index is 1.31. The molecule has 3 aromatic rings. The largest absolute Gasteiger partial charge is 0.492 e. The number of halogens is 1. The lowest BCUT2D eigenvalue weighted by Gasteiger charge is -2.38. The molecule has 2 atom stereocenters. The molecular weight excluding hydrogens is 578 g/mol. The third-order valence-corrected chi connectivity index (χ3v) is 9.57. The van der Waals surface area contributed by atoms with E-state index in [1.54, 1.807) is 48.2 Å². The van der Waals surface area contributed by atoms with Crippen molar-refractivity contribution in [2.75, 3.05) is 37.7 Å². The molecular formula is C31H34ClN3O6S. The molecule has 2 aliphatic heterocycles. The fourth-order valence-corrected chi connectivity index (χ4v) is 7.27. The summed E-state index contributed by atoms with van der Waals surface area (Å²) in [5.74, 6) is -0.505. The number of nitrogens with zero attached hydrogens (tertiary/aromatic N) is 2. The standard InChI is InChI=1S/C31H34ClN3O6S/c1-2-40-27-15-14-24(32)19-29(27)42(38,39)34-18-8-11-23(20-34)31(37)35-21-28(41-26-13-7-6-12-25(26)35)30(36)33-17-16-22-9-4-3-5-10-22/h3-7,9-10,12-15,19,23,28H,2,8,11,16-18,20-21H2,1H3,(H,33,36)/t23-,28-/m0/s1. The first kappa shape index (κ1) is 29.9. The molecule has 1 N–H and O–H groups in total. The third-order valence-electron chi connectivity index (χ3n) is 7.44. The van der Waals surface area contributed by atoms with Gasteiger partial charge < -0.3 is 19.7 Å². The molecule has 1 fully saturated rings. The number of para-hydroxylation sites is 2. The van der Waals surface area contributed by atoms with E-state index < -0.39 is 22.0 Å². The summed E-state index contributed by atoms with van der Waals surface area (Å²) >= 11 is 6.15. The molecule has 5 rings (SSSR count). The molecule has 2 aliphatic rings. The molecule has 0 saturated carbocycles. The summed E-state index contributed by atoms with van der Waals surface area (Å²) in [5.41, 5.74) is 1.66. The van der Waals surface area contributed by atoms with E-state index >= 15 is 0 Å². The number of amides is 2. The van der Waals surface area contributed by atoms with Crippen LogP contribution in [0.15, 0.2) is 77.7 Å². The highest BCUT2D eigenvalue weighted by molar-refractivity contribution is 7.89. The average molecular weight is 612 g/mol. The molecule has 0 spiro atoms. The first-order chi connectivity index (χ1) is 20.3. The van der Waals surface area contributed by atoms with Crippen molar-refractivity contribution < 1.29 is 27.5 Å². The van der Waals surface area contributed by atoms with E-state index in [0.29, 0.717) is 43.9 Å². The van der Waals surface area contributed by atoms with E-state index in [4.69, 9.17) is 21.1 Å². The van der Waals surface area contributed by atoms with Gasteiger partial charge in [0, 0.05) is 24.7 Å². The fourth-order valence-electron chi connectivity index (χ4n) is 5.35. The number of hydrogen-bond acceptors (Lipinski definition) is 6. The molecule has 9 nitrogen and oxygen atoms in total. The maximum absolute atomic E-state index is 14.0. The van der Waals surface area contributed by atoms with Crippen LogP contribution in [0.25, 0.3) is 0 Å². The molecule has 0 radical (unpaired) electrons. The average Bonchev–Trinajstić information content (AvgIpc) is 3.01. The smallest absolute Gasteiger partial charge is 0.262 e. The van der Waals surface area contributed by atoms with Gasteiger partial charge in [-0.15, -0.1) is 0 Å². The number of piperidine rings is 1. The molecule has 222 valence electrons. The van der Waals surface area contributed by atoms with Crippen molar-refractivity contribution in [2.45, 2.75) is 37.2 Å². The van der Waals surface area contributed by atoms with Crippen LogP contribution in [0.1, 0.15) is 25.3 Å². The van der Waals surface area contributed by atoms with Gasteiger partial charge in [0.15, 0.2) is 6.10 Å². The number of carbonyl (C=O) groups is 2. The quantitative estimate of drug-likeness (QED) is 0.387. The van der Waals surface area contributed by atoms with E-state index in [2.05, 4.69) is 5.32 Å². The van der Waals surface area contributed by atoms with Gasteiger partial charge in [0.1, 0.15) is 16.4 Å². The minimum atomic E-state index is -3.99. The Kier molecular flexibility index (Phi) is 9.35.